The predicted octanol–water partition coefficient (Wildman–Crippen LogP) is 5.65. The van der Waals surface area contributed by atoms with Crippen LogP contribution < -0.4 is 5.32 Å². The molecule has 3 aromatic rings. The van der Waals surface area contributed by atoms with Gasteiger partial charge in [0.2, 0.25) is 0 Å². The first-order valence-electron chi connectivity index (χ1n) is 7.45. The first kappa shape index (κ1) is 15.4. The molecule has 3 rings (SSSR count). The fourth-order valence-electron chi connectivity index (χ4n) is 2.24. The second-order valence-corrected chi connectivity index (χ2v) is 6.05. The van der Waals surface area contributed by atoms with Crippen LogP contribution in [0.25, 0.3) is 0 Å². The molecule has 0 saturated heterocycles. The van der Waals surface area contributed by atoms with Crippen LogP contribution in [0.15, 0.2) is 89.4 Å². The van der Waals surface area contributed by atoms with E-state index in [-0.39, 0.29) is 6.04 Å². The third-order valence-electron chi connectivity index (χ3n) is 3.42. The van der Waals surface area contributed by atoms with Crippen molar-refractivity contribution in [1.29, 1.82) is 0 Å². The summed E-state index contributed by atoms with van der Waals surface area (Å²) in [6.45, 7) is 0. The topological polar surface area (TPSA) is 12.0 Å². The average Bonchev–Trinajstić information content (AvgIpc) is 2.62. The molecule has 0 aliphatic carbocycles. The highest BCUT2D eigenvalue weighted by molar-refractivity contribution is 9.10. The first-order chi connectivity index (χ1) is 11.3. The number of nitrogens with one attached hydrogen (secondary N) is 1. The minimum absolute atomic E-state index is 0.0578. The Morgan fingerprint density at radius 1 is 0.739 bits per heavy atom. The van der Waals surface area contributed by atoms with Crippen molar-refractivity contribution in [2.24, 2.45) is 0 Å². The van der Waals surface area contributed by atoms with Crippen molar-refractivity contribution in [1.82, 2.24) is 0 Å². The van der Waals surface area contributed by atoms with Crippen LogP contribution in [0.4, 0.5) is 5.69 Å². The van der Waals surface area contributed by atoms with Crippen molar-refractivity contribution >= 4 is 21.6 Å². The van der Waals surface area contributed by atoms with Crippen LogP contribution in [-0.4, -0.2) is 0 Å². The lowest BCUT2D eigenvalue weighted by Gasteiger charge is -2.15. The Kier molecular flexibility index (Phi) is 5.13. The second kappa shape index (κ2) is 7.67. The zero-order chi connectivity index (χ0) is 15.9. The Labute approximate surface area is 145 Å². The third-order valence-corrected chi connectivity index (χ3v) is 3.95. The second-order valence-electron chi connectivity index (χ2n) is 5.13. The number of rotatable bonds is 3. The summed E-state index contributed by atoms with van der Waals surface area (Å²) in [4.78, 5) is 0. The van der Waals surface area contributed by atoms with Crippen LogP contribution >= 0.6 is 15.9 Å². The molecular formula is C21H16BrN. The molecule has 0 amide bonds. The molecule has 0 radical (unpaired) electrons. The van der Waals surface area contributed by atoms with Crippen molar-refractivity contribution in [3.05, 3.63) is 101 Å². The van der Waals surface area contributed by atoms with Gasteiger partial charge < -0.3 is 5.32 Å². The Bertz CT molecular complexity index is 799. The minimum Gasteiger partial charge on any atom is -0.368 e. The largest absolute Gasteiger partial charge is 0.368 e. The standard InChI is InChI=1S/C21H16BrN/c22-19-12-14-20(15-13-19)23-21(18-9-5-2-6-10-18)16-11-17-7-3-1-4-8-17/h1-10,12-15,21,23H/t21-/m0/s1. The zero-order valence-corrected chi connectivity index (χ0v) is 14.1. The van der Waals surface area contributed by atoms with Crippen molar-refractivity contribution < 1.29 is 0 Å². The summed E-state index contributed by atoms with van der Waals surface area (Å²) in [5.41, 5.74) is 3.22. The maximum Gasteiger partial charge on any atom is 0.114 e. The van der Waals surface area contributed by atoms with Crippen molar-refractivity contribution in [3.8, 4) is 11.8 Å². The summed E-state index contributed by atoms with van der Waals surface area (Å²) in [5.74, 6) is 6.60. The van der Waals surface area contributed by atoms with Crippen molar-refractivity contribution in [3.63, 3.8) is 0 Å². The normalized spacial score (nSPS) is 11.2. The van der Waals surface area contributed by atoms with Gasteiger partial charge in [-0.25, -0.2) is 0 Å². The predicted molar refractivity (Wildman–Crippen MR) is 100 cm³/mol. The summed E-state index contributed by atoms with van der Waals surface area (Å²) < 4.78 is 1.06. The zero-order valence-electron chi connectivity index (χ0n) is 12.5. The van der Waals surface area contributed by atoms with E-state index < -0.39 is 0 Å². The van der Waals surface area contributed by atoms with Crippen LogP contribution in [0.1, 0.15) is 17.2 Å². The van der Waals surface area contributed by atoms with Gasteiger partial charge in [0.15, 0.2) is 0 Å². The van der Waals surface area contributed by atoms with Gasteiger partial charge in [-0.1, -0.05) is 76.3 Å². The number of anilines is 1. The lowest BCUT2D eigenvalue weighted by atomic mass is 10.1. The summed E-state index contributed by atoms with van der Waals surface area (Å²) in [6, 6.07) is 28.4. The molecule has 2 heteroatoms. The highest BCUT2D eigenvalue weighted by Crippen LogP contribution is 2.21. The van der Waals surface area contributed by atoms with Gasteiger partial charge in [0, 0.05) is 15.7 Å². The SMILES string of the molecule is Brc1ccc(N[C@@H](C#Cc2ccccc2)c2ccccc2)cc1. The van der Waals surface area contributed by atoms with E-state index in [1.54, 1.807) is 0 Å². The number of halogens is 1. The third kappa shape index (κ3) is 4.48. The van der Waals surface area contributed by atoms with Gasteiger partial charge >= 0.3 is 0 Å². The molecule has 0 fully saturated rings. The van der Waals surface area contributed by atoms with E-state index >= 15 is 0 Å². The Morgan fingerprint density at radius 2 is 1.35 bits per heavy atom. The molecule has 0 heterocycles. The van der Waals surface area contributed by atoms with E-state index in [0.29, 0.717) is 0 Å². The van der Waals surface area contributed by atoms with Crippen LogP contribution in [-0.2, 0) is 0 Å². The quantitative estimate of drug-likeness (QED) is 0.594. The van der Waals surface area contributed by atoms with Crippen molar-refractivity contribution in [2.75, 3.05) is 5.32 Å². The summed E-state index contributed by atoms with van der Waals surface area (Å²) in [6.07, 6.45) is 0. The molecule has 0 bridgehead atoms. The molecule has 0 saturated carbocycles. The Hall–Kier alpha value is -2.50. The van der Waals surface area contributed by atoms with Gasteiger partial charge in [-0.05, 0) is 42.0 Å². The molecule has 0 aliphatic rings. The Morgan fingerprint density at radius 3 is 2.00 bits per heavy atom. The van der Waals surface area contributed by atoms with Crippen LogP contribution in [0.5, 0.6) is 0 Å². The van der Waals surface area contributed by atoms with Crippen LogP contribution in [0, 0.1) is 11.8 Å². The molecule has 23 heavy (non-hydrogen) atoms. The lowest BCUT2D eigenvalue weighted by Crippen LogP contribution is -2.08. The van der Waals surface area contributed by atoms with Gasteiger partial charge in [0.1, 0.15) is 6.04 Å². The molecule has 3 aromatic carbocycles. The molecule has 0 aliphatic heterocycles. The molecule has 1 nitrogen and oxygen atoms in total. The van der Waals surface area contributed by atoms with Crippen LogP contribution in [0.3, 0.4) is 0 Å². The fourth-order valence-corrected chi connectivity index (χ4v) is 2.50. The van der Waals surface area contributed by atoms with Crippen molar-refractivity contribution in [2.45, 2.75) is 6.04 Å². The van der Waals surface area contributed by atoms with Gasteiger partial charge in [0.05, 0.1) is 0 Å². The molecular weight excluding hydrogens is 346 g/mol. The van der Waals surface area contributed by atoms with E-state index in [2.05, 4.69) is 45.2 Å². The lowest BCUT2D eigenvalue weighted by molar-refractivity contribution is 1.02. The molecule has 0 aromatic heterocycles. The van der Waals surface area contributed by atoms with Gasteiger partial charge in [-0.3, -0.25) is 0 Å². The monoisotopic (exact) mass is 361 g/mol. The number of hydrogen-bond acceptors (Lipinski definition) is 1. The first-order valence-corrected chi connectivity index (χ1v) is 8.24. The van der Waals surface area contributed by atoms with E-state index in [1.807, 2.05) is 72.8 Å². The average molecular weight is 362 g/mol. The maximum absolute atomic E-state index is 3.50. The maximum atomic E-state index is 3.50. The minimum atomic E-state index is -0.0578. The van der Waals surface area contributed by atoms with E-state index in [1.165, 1.54) is 0 Å². The smallest absolute Gasteiger partial charge is 0.114 e. The summed E-state index contributed by atoms with van der Waals surface area (Å²) >= 11 is 3.46. The van der Waals surface area contributed by atoms with Gasteiger partial charge in [-0.2, -0.15) is 0 Å². The number of hydrogen-bond donors (Lipinski definition) is 1. The molecule has 1 N–H and O–H groups in total. The number of benzene rings is 3. The van der Waals surface area contributed by atoms with E-state index in [4.69, 9.17) is 0 Å². The molecule has 0 unspecified atom stereocenters. The van der Waals surface area contributed by atoms with E-state index in [9.17, 15) is 0 Å². The van der Waals surface area contributed by atoms with E-state index in [0.717, 1.165) is 21.3 Å². The summed E-state index contributed by atoms with van der Waals surface area (Å²) in [5, 5.41) is 3.50. The Balaban J connectivity index is 1.88. The highest BCUT2D eigenvalue weighted by Gasteiger charge is 2.07. The molecule has 0 spiro atoms. The highest BCUT2D eigenvalue weighted by atomic mass is 79.9. The molecule has 1 atom stereocenters. The van der Waals surface area contributed by atoms with Gasteiger partial charge in [-0.15, -0.1) is 0 Å². The van der Waals surface area contributed by atoms with Crippen LogP contribution in [0.2, 0.25) is 0 Å². The van der Waals surface area contributed by atoms with Gasteiger partial charge in [0.25, 0.3) is 0 Å². The summed E-state index contributed by atoms with van der Waals surface area (Å²) in [7, 11) is 0. The molecule has 112 valence electrons. The fraction of sp³-hybridized carbons (Fsp3) is 0.0476.